The number of benzene rings is 2. The van der Waals surface area contributed by atoms with E-state index in [2.05, 4.69) is 5.32 Å². The van der Waals surface area contributed by atoms with E-state index in [-0.39, 0.29) is 5.43 Å². The minimum absolute atomic E-state index is 0.0539. The van der Waals surface area contributed by atoms with Crippen molar-refractivity contribution in [3.63, 3.8) is 0 Å². The Kier molecular flexibility index (Phi) is 2.91. The molecule has 0 bridgehead atoms. The average molecular weight is 274 g/mol. The molecule has 0 saturated heterocycles. The second kappa shape index (κ2) is 4.59. The summed E-state index contributed by atoms with van der Waals surface area (Å²) in [5.74, 6) is 0. The molecule has 2 aromatic carbocycles. The van der Waals surface area contributed by atoms with Crippen LogP contribution in [0, 0.1) is 0 Å². The Hall–Kier alpha value is -2.00. The zero-order chi connectivity index (χ0) is 13.4. The molecule has 0 aliphatic heterocycles. The lowest BCUT2D eigenvalue weighted by molar-refractivity contribution is 0.660. The van der Waals surface area contributed by atoms with Gasteiger partial charge in [-0.05, 0) is 31.2 Å². The lowest BCUT2D eigenvalue weighted by Gasteiger charge is -2.06. The highest BCUT2D eigenvalue weighted by atomic mass is 35.5. The minimum atomic E-state index is -0.0539. The maximum Gasteiger partial charge on any atom is 0.200 e. The molecule has 1 N–H and O–H groups in total. The molecule has 1 heterocycles. The maximum absolute atomic E-state index is 12.4. The number of para-hydroxylation sites is 1. The van der Waals surface area contributed by atoms with Crippen molar-refractivity contribution in [2.24, 2.45) is 0 Å². The summed E-state index contributed by atoms with van der Waals surface area (Å²) in [6, 6.07) is 10.7. The fourth-order valence-electron chi connectivity index (χ4n) is 2.15. The van der Waals surface area contributed by atoms with Gasteiger partial charge in [0.2, 0.25) is 5.43 Å². The Morgan fingerprint density at radius 1 is 1.21 bits per heavy atom. The zero-order valence-corrected chi connectivity index (χ0v) is 11.1. The van der Waals surface area contributed by atoms with Crippen molar-refractivity contribution in [3.8, 4) is 0 Å². The summed E-state index contributed by atoms with van der Waals surface area (Å²) < 4.78 is 5.77. The Balaban J connectivity index is 2.40. The summed E-state index contributed by atoms with van der Waals surface area (Å²) in [5, 5.41) is 4.71. The predicted molar refractivity (Wildman–Crippen MR) is 79.2 cm³/mol. The molecule has 0 amide bonds. The molecule has 3 nitrogen and oxygen atoms in total. The van der Waals surface area contributed by atoms with Crippen LogP contribution in [0.3, 0.4) is 0 Å². The first-order chi connectivity index (χ1) is 9.20. The van der Waals surface area contributed by atoms with Crippen molar-refractivity contribution in [1.82, 2.24) is 0 Å². The van der Waals surface area contributed by atoms with Gasteiger partial charge in [-0.25, -0.2) is 0 Å². The smallest absolute Gasteiger partial charge is 0.200 e. The first-order valence-corrected chi connectivity index (χ1v) is 6.47. The Morgan fingerprint density at radius 2 is 2.05 bits per heavy atom. The van der Waals surface area contributed by atoms with Gasteiger partial charge >= 0.3 is 0 Å². The highest BCUT2D eigenvalue weighted by Crippen LogP contribution is 2.26. The third-order valence-corrected chi connectivity index (χ3v) is 3.33. The quantitative estimate of drug-likeness (QED) is 0.717. The highest BCUT2D eigenvalue weighted by Gasteiger charge is 2.10. The van der Waals surface area contributed by atoms with Crippen molar-refractivity contribution < 1.29 is 4.42 Å². The lowest BCUT2D eigenvalue weighted by atomic mass is 10.1. The van der Waals surface area contributed by atoms with Gasteiger partial charge < -0.3 is 9.73 Å². The number of anilines is 1. The van der Waals surface area contributed by atoms with Gasteiger partial charge in [-0.3, -0.25) is 4.79 Å². The molecule has 4 heteroatoms. The fourth-order valence-corrected chi connectivity index (χ4v) is 2.37. The van der Waals surface area contributed by atoms with Gasteiger partial charge in [0.15, 0.2) is 5.58 Å². The van der Waals surface area contributed by atoms with Gasteiger partial charge in [-0.2, -0.15) is 0 Å². The van der Waals surface area contributed by atoms with E-state index < -0.39 is 0 Å². The molecule has 19 heavy (non-hydrogen) atoms. The van der Waals surface area contributed by atoms with Crippen LogP contribution in [0.25, 0.3) is 21.9 Å². The molecule has 0 unspecified atom stereocenters. The van der Waals surface area contributed by atoms with E-state index in [1.165, 1.54) is 0 Å². The van der Waals surface area contributed by atoms with Crippen molar-refractivity contribution in [2.45, 2.75) is 6.92 Å². The van der Waals surface area contributed by atoms with Crippen molar-refractivity contribution in [1.29, 1.82) is 0 Å². The van der Waals surface area contributed by atoms with Crippen LogP contribution in [0.4, 0.5) is 5.69 Å². The summed E-state index contributed by atoms with van der Waals surface area (Å²) in [6.07, 6.45) is 0. The summed E-state index contributed by atoms with van der Waals surface area (Å²) in [4.78, 5) is 12.4. The third-order valence-electron chi connectivity index (χ3n) is 3.03. The molecule has 96 valence electrons. The first-order valence-electron chi connectivity index (χ1n) is 6.09. The predicted octanol–water partition coefficient (Wildman–Crippen LogP) is 4.03. The second-order valence-corrected chi connectivity index (χ2v) is 4.70. The van der Waals surface area contributed by atoms with Crippen LogP contribution >= 0.6 is 11.6 Å². The SMILES string of the molecule is CCNc1ccc2c(=O)c3cccc(Cl)c3oc2c1. The van der Waals surface area contributed by atoms with Gasteiger partial charge in [0.25, 0.3) is 0 Å². The van der Waals surface area contributed by atoms with E-state index in [4.69, 9.17) is 16.0 Å². The summed E-state index contributed by atoms with van der Waals surface area (Å²) in [6.45, 7) is 2.82. The average Bonchev–Trinajstić information content (AvgIpc) is 2.41. The highest BCUT2D eigenvalue weighted by molar-refractivity contribution is 6.34. The van der Waals surface area contributed by atoms with Crippen molar-refractivity contribution in [3.05, 3.63) is 51.6 Å². The Labute approximate surface area is 114 Å². The van der Waals surface area contributed by atoms with Crippen LogP contribution in [-0.4, -0.2) is 6.54 Å². The van der Waals surface area contributed by atoms with Gasteiger partial charge in [0.05, 0.1) is 15.8 Å². The van der Waals surface area contributed by atoms with E-state index in [1.54, 1.807) is 24.3 Å². The second-order valence-electron chi connectivity index (χ2n) is 4.29. The van der Waals surface area contributed by atoms with Crippen LogP contribution in [0.5, 0.6) is 0 Å². The molecule has 0 fully saturated rings. The fraction of sp³-hybridized carbons (Fsp3) is 0.133. The minimum Gasteiger partial charge on any atom is -0.454 e. The van der Waals surface area contributed by atoms with Crippen LogP contribution in [0.2, 0.25) is 5.02 Å². The summed E-state index contributed by atoms with van der Waals surface area (Å²) >= 11 is 6.08. The van der Waals surface area contributed by atoms with Crippen LogP contribution in [0.15, 0.2) is 45.6 Å². The van der Waals surface area contributed by atoms with E-state index in [1.807, 2.05) is 19.1 Å². The molecule has 0 atom stereocenters. The number of halogens is 1. The first kappa shape index (κ1) is 12.1. The van der Waals surface area contributed by atoms with E-state index in [9.17, 15) is 4.79 Å². The molecule has 1 aromatic heterocycles. The number of rotatable bonds is 2. The number of hydrogen-bond acceptors (Lipinski definition) is 3. The lowest BCUT2D eigenvalue weighted by Crippen LogP contribution is -2.03. The number of hydrogen-bond donors (Lipinski definition) is 1. The summed E-state index contributed by atoms with van der Waals surface area (Å²) in [7, 11) is 0. The molecule has 0 aliphatic carbocycles. The maximum atomic E-state index is 12.4. The van der Waals surface area contributed by atoms with E-state index >= 15 is 0 Å². The van der Waals surface area contributed by atoms with Crippen LogP contribution in [0.1, 0.15) is 6.92 Å². The van der Waals surface area contributed by atoms with Crippen molar-refractivity contribution in [2.75, 3.05) is 11.9 Å². The van der Waals surface area contributed by atoms with Gasteiger partial charge in [-0.1, -0.05) is 17.7 Å². The normalized spacial score (nSPS) is 11.1. The van der Waals surface area contributed by atoms with Gasteiger partial charge in [0.1, 0.15) is 5.58 Å². The Bertz CT molecular complexity index is 823. The van der Waals surface area contributed by atoms with Gasteiger partial charge in [-0.15, -0.1) is 0 Å². The van der Waals surface area contributed by atoms with Crippen LogP contribution < -0.4 is 10.7 Å². The standard InChI is InChI=1S/C15H12ClNO2/c1-2-17-9-6-7-10-13(8-9)19-15-11(14(10)18)4-3-5-12(15)16/h3-8,17H,2H2,1H3. The molecule has 0 aliphatic rings. The number of fused-ring (bicyclic) bond motifs is 2. The zero-order valence-electron chi connectivity index (χ0n) is 10.4. The van der Waals surface area contributed by atoms with Crippen LogP contribution in [-0.2, 0) is 0 Å². The topological polar surface area (TPSA) is 42.2 Å². The Morgan fingerprint density at radius 3 is 2.84 bits per heavy atom. The molecule has 3 aromatic rings. The molecule has 0 saturated carbocycles. The monoisotopic (exact) mass is 273 g/mol. The third kappa shape index (κ3) is 1.96. The van der Waals surface area contributed by atoms with Gasteiger partial charge in [0, 0.05) is 18.3 Å². The van der Waals surface area contributed by atoms with E-state index in [0.29, 0.717) is 27.0 Å². The largest absolute Gasteiger partial charge is 0.454 e. The molecule has 0 radical (unpaired) electrons. The molecule has 0 spiro atoms. The number of nitrogens with one attached hydrogen (secondary N) is 1. The van der Waals surface area contributed by atoms with Crippen molar-refractivity contribution >= 4 is 39.2 Å². The molecular weight excluding hydrogens is 262 g/mol. The van der Waals surface area contributed by atoms with E-state index in [0.717, 1.165) is 12.2 Å². The summed E-state index contributed by atoms with van der Waals surface area (Å²) in [5.41, 5.74) is 1.85. The molecule has 3 rings (SSSR count). The molecular formula is C15H12ClNO2.